The molecule has 1 aromatic heterocycles. The van der Waals surface area contributed by atoms with Gasteiger partial charge < -0.3 is 10.3 Å². The average molecular weight is 354 g/mol. The molecular weight excluding hydrogens is 328 g/mol. The van der Waals surface area contributed by atoms with Gasteiger partial charge in [0.2, 0.25) is 11.8 Å². The quantitative estimate of drug-likeness (QED) is 0.745. The Morgan fingerprint density at radius 1 is 1.19 bits per heavy atom. The van der Waals surface area contributed by atoms with E-state index in [1.54, 1.807) is 0 Å². The van der Waals surface area contributed by atoms with Crippen molar-refractivity contribution < 1.29 is 9.59 Å². The summed E-state index contributed by atoms with van der Waals surface area (Å²) >= 11 is 0. The predicted molar refractivity (Wildman–Crippen MR) is 103 cm³/mol. The molecule has 6 nitrogen and oxygen atoms in total. The van der Waals surface area contributed by atoms with Crippen LogP contribution in [0.15, 0.2) is 17.2 Å². The van der Waals surface area contributed by atoms with E-state index in [1.165, 1.54) is 27.6 Å². The van der Waals surface area contributed by atoms with Gasteiger partial charge in [0.25, 0.3) is 0 Å². The summed E-state index contributed by atoms with van der Waals surface area (Å²) in [6, 6.07) is 4.31. The Kier molecular flexibility index (Phi) is 5.40. The summed E-state index contributed by atoms with van der Waals surface area (Å²) < 4.78 is 0. The molecule has 0 bridgehead atoms. The van der Waals surface area contributed by atoms with Crippen LogP contribution >= 0.6 is 0 Å². The fourth-order valence-electron chi connectivity index (χ4n) is 3.38. The zero-order chi connectivity index (χ0) is 18.7. The number of aromatic amines is 1. The molecule has 0 aliphatic carbocycles. The lowest BCUT2D eigenvalue weighted by Gasteiger charge is -2.11. The largest absolute Gasteiger partial charge is 0.358 e. The van der Waals surface area contributed by atoms with E-state index in [4.69, 9.17) is 0 Å². The van der Waals surface area contributed by atoms with Gasteiger partial charge in [0, 0.05) is 41.7 Å². The molecule has 3 rings (SSSR count). The Morgan fingerprint density at radius 3 is 2.73 bits per heavy atom. The van der Waals surface area contributed by atoms with Gasteiger partial charge in [-0.15, -0.1) is 0 Å². The molecule has 3 N–H and O–H groups in total. The van der Waals surface area contributed by atoms with Crippen molar-refractivity contribution in [3.05, 3.63) is 34.5 Å². The number of amides is 2. The van der Waals surface area contributed by atoms with E-state index in [0.29, 0.717) is 32.2 Å². The third-order valence-corrected chi connectivity index (χ3v) is 5.14. The molecule has 0 saturated carbocycles. The van der Waals surface area contributed by atoms with Crippen LogP contribution < -0.4 is 10.7 Å². The van der Waals surface area contributed by atoms with Gasteiger partial charge in [0.1, 0.15) is 0 Å². The summed E-state index contributed by atoms with van der Waals surface area (Å²) in [6.07, 6.45) is 2.90. The number of carbonyl (C=O) groups excluding carboxylic acids is 2. The fourth-order valence-corrected chi connectivity index (χ4v) is 3.38. The number of hydrazone groups is 1. The molecule has 2 amide bonds. The molecule has 0 saturated heterocycles. The van der Waals surface area contributed by atoms with Crippen LogP contribution in [0.5, 0.6) is 0 Å². The Hall–Kier alpha value is -2.63. The first-order valence-corrected chi connectivity index (χ1v) is 9.14. The Morgan fingerprint density at radius 2 is 2.00 bits per heavy atom. The SMILES string of the molecule is Cc1ccc2c(CCNC(=O)CCC3=NNC(=O)CC3)c(C)[nH]c2c1C. The van der Waals surface area contributed by atoms with Crippen LogP contribution in [0, 0.1) is 20.8 Å². The van der Waals surface area contributed by atoms with Gasteiger partial charge in [-0.2, -0.15) is 5.10 Å². The van der Waals surface area contributed by atoms with Gasteiger partial charge in [0.15, 0.2) is 0 Å². The van der Waals surface area contributed by atoms with Crippen molar-refractivity contribution in [2.45, 2.75) is 52.9 Å². The van der Waals surface area contributed by atoms with Gasteiger partial charge in [0.05, 0.1) is 0 Å². The Balaban J connectivity index is 1.53. The number of carbonyl (C=O) groups is 2. The lowest BCUT2D eigenvalue weighted by atomic mass is 10.0. The number of hydrogen-bond acceptors (Lipinski definition) is 3. The summed E-state index contributed by atoms with van der Waals surface area (Å²) in [5.74, 6) is -0.0353. The van der Waals surface area contributed by atoms with Crippen LogP contribution in [0.1, 0.15) is 48.1 Å². The molecule has 1 aliphatic rings. The van der Waals surface area contributed by atoms with Crippen LogP contribution in [0.25, 0.3) is 10.9 Å². The minimum atomic E-state index is -0.0577. The maximum absolute atomic E-state index is 12.1. The molecule has 1 aromatic carbocycles. The van der Waals surface area contributed by atoms with Gasteiger partial charge in [-0.3, -0.25) is 9.59 Å². The number of nitrogens with zero attached hydrogens (tertiary/aromatic N) is 1. The summed E-state index contributed by atoms with van der Waals surface area (Å²) in [4.78, 5) is 26.6. The maximum atomic E-state index is 12.1. The molecule has 6 heteroatoms. The van der Waals surface area contributed by atoms with E-state index in [-0.39, 0.29) is 11.8 Å². The van der Waals surface area contributed by atoms with E-state index in [0.717, 1.165) is 17.8 Å². The predicted octanol–water partition coefficient (Wildman–Crippen LogP) is 2.80. The highest BCUT2D eigenvalue weighted by molar-refractivity contribution is 5.94. The summed E-state index contributed by atoms with van der Waals surface area (Å²) in [5, 5.41) is 8.23. The lowest BCUT2D eigenvalue weighted by Crippen LogP contribution is -2.28. The first kappa shape index (κ1) is 18.2. The number of aryl methyl sites for hydroxylation is 3. The molecule has 138 valence electrons. The zero-order valence-corrected chi connectivity index (χ0v) is 15.7. The molecule has 0 spiro atoms. The normalized spacial score (nSPS) is 14.3. The van der Waals surface area contributed by atoms with Crippen molar-refractivity contribution in [3.63, 3.8) is 0 Å². The van der Waals surface area contributed by atoms with Crippen LogP contribution in [0.2, 0.25) is 0 Å². The number of fused-ring (bicyclic) bond motifs is 1. The molecule has 1 aliphatic heterocycles. The van der Waals surface area contributed by atoms with Crippen LogP contribution in [0.3, 0.4) is 0 Å². The van der Waals surface area contributed by atoms with E-state index >= 15 is 0 Å². The van der Waals surface area contributed by atoms with E-state index < -0.39 is 0 Å². The van der Waals surface area contributed by atoms with Crippen molar-refractivity contribution in [1.29, 1.82) is 0 Å². The Labute approximate surface area is 153 Å². The van der Waals surface area contributed by atoms with Gasteiger partial charge in [-0.1, -0.05) is 12.1 Å². The summed E-state index contributed by atoms with van der Waals surface area (Å²) in [5.41, 5.74) is 9.53. The lowest BCUT2D eigenvalue weighted by molar-refractivity contribution is -0.121. The molecule has 2 aromatic rings. The molecule has 2 heterocycles. The number of aromatic nitrogens is 1. The van der Waals surface area contributed by atoms with Crippen LogP contribution in [-0.2, 0) is 16.0 Å². The van der Waals surface area contributed by atoms with Crippen molar-refractivity contribution in [1.82, 2.24) is 15.7 Å². The molecule has 0 atom stereocenters. The van der Waals surface area contributed by atoms with Crippen molar-refractivity contribution >= 4 is 28.4 Å². The molecular formula is C20H26N4O2. The van der Waals surface area contributed by atoms with E-state index in [9.17, 15) is 9.59 Å². The first-order valence-electron chi connectivity index (χ1n) is 9.14. The third kappa shape index (κ3) is 3.95. The minimum absolute atomic E-state index is 0.0223. The highest BCUT2D eigenvalue weighted by Gasteiger charge is 2.14. The number of H-pyrrole nitrogens is 1. The number of nitrogens with one attached hydrogen (secondary N) is 3. The third-order valence-electron chi connectivity index (χ3n) is 5.14. The number of hydrogen-bond donors (Lipinski definition) is 3. The minimum Gasteiger partial charge on any atom is -0.358 e. The van der Waals surface area contributed by atoms with Gasteiger partial charge in [-0.05, 0) is 56.7 Å². The number of benzene rings is 1. The maximum Gasteiger partial charge on any atom is 0.240 e. The number of rotatable bonds is 6. The summed E-state index contributed by atoms with van der Waals surface area (Å²) in [7, 11) is 0. The molecule has 0 fully saturated rings. The second kappa shape index (κ2) is 7.72. The van der Waals surface area contributed by atoms with Crippen molar-refractivity contribution in [2.24, 2.45) is 5.10 Å². The van der Waals surface area contributed by atoms with E-state index in [2.05, 4.69) is 53.7 Å². The highest BCUT2D eigenvalue weighted by Crippen LogP contribution is 2.26. The standard InChI is InChI=1S/C20H26N4O2/c1-12-4-7-17-16(14(3)22-20(17)13(12)2)10-11-21-18(25)8-5-15-6-9-19(26)24-23-15/h4,7,22H,5-6,8-11H2,1-3H3,(H,21,25)(H,24,26). The second-order valence-electron chi connectivity index (χ2n) is 6.97. The second-order valence-corrected chi connectivity index (χ2v) is 6.97. The van der Waals surface area contributed by atoms with Crippen molar-refractivity contribution in [2.75, 3.05) is 6.54 Å². The average Bonchev–Trinajstić information content (AvgIpc) is 2.94. The topological polar surface area (TPSA) is 86.3 Å². The molecule has 26 heavy (non-hydrogen) atoms. The monoisotopic (exact) mass is 354 g/mol. The van der Waals surface area contributed by atoms with Gasteiger partial charge >= 0.3 is 0 Å². The van der Waals surface area contributed by atoms with Crippen molar-refractivity contribution in [3.8, 4) is 0 Å². The first-order chi connectivity index (χ1) is 12.5. The smallest absolute Gasteiger partial charge is 0.240 e. The van der Waals surface area contributed by atoms with Crippen LogP contribution in [-0.4, -0.2) is 29.1 Å². The van der Waals surface area contributed by atoms with E-state index in [1.807, 2.05) is 0 Å². The molecule has 0 radical (unpaired) electrons. The Bertz CT molecular complexity index is 880. The van der Waals surface area contributed by atoms with Crippen LogP contribution in [0.4, 0.5) is 0 Å². The zero-order valence-electron chi connectivity index (χ0n) is 15.7. The highest BCUT2D eigenvalue weighted by atomic mass is 16.2. The van der Waals surface area contributed by atoms with Gasteiger partial charge in [-0.25, -0.2) is 5.43 Å². The summed E-state index contributed by atoms with van der Waals surface area (Å²) in [6.45, 7) is 6.95. The molecule has 0 unspecified atom stereocenters. The fraction of sp³-hybridized carbons (Fsp3) is 0.450.